The molecule has 0 saturated heterocycles. The lowest BCUT2D eigenvalue weighted by molar-refractivity contribution is -0.144. The van der Waals surface area contributed by atoms with Crippen molar-refractivity contribution >= 4 is 11.9 Å². The Bertz CT molecular complexity index is 280. The van der Waals surface area contributed by atoms with Gasteiger partial charge in [-0.25, -0.2) is 4.79 Å². The van der Waals surface area contributed by atoms with Crippen molar-refractivity contribution in [1.82, 2.24) is 5.32 Å². The van der Waals surface area contributed by atoms with Crippen molar-refractivity contribution in [3.63, 3.8) is 0 Å². The number of hydrogen-bond donors (Lipinski definition) is 2. The highest BCUT2D eigenvalue weighted by Crippen LogP contribution is 2.29. The highest BCUT2D eigenvalue weighted by atomic mass is 16.5. The minimum absolute atomic E-state index is 0.00216. The van der Waals surface area contributed by atoms with Crippen LogP contribution < -0.4 is 5.32 Å². The van der Waals surface area contributed by atoms with Gasteiger partial charge in [0.1, 0.15) is 0 Å². The third kappa shape index (κ3) is 4.00. The molecule has 0 heterocycles. The highest BCUT2D eigenvalue weighted by Gasteiger charge is 2.30. The molecule has 1 amide bonds. The Labute approximate surface area is 102 Å². The van der Waals surface area contributed by atoms with E-state index in [2.05, 4.69) is 12.2 Å². The van der Waals surface area contributed by atoms with Gasteiger partial charge in [0.2, 0.25) is 5.91 Å². The fraction of sp³-hybridized carbons (Fsp3) is 0.833. The number of rotatable bonds is 5. The van der Waals surface area contributed by atoms with E-state index in [1.165, 1.54) is 7.11 Å². The average molecular weight is 243 g/mol. The molecule has 0 aliphatic heterocycles. The van der Waals surface area contributed by atoms with Crippen LogP contribution in [-0.4, -0.2) is 36.7 Å². The van der Waals surface area contributed by atoms with Gasteiger partial charge in [-0.3, -0.25) is 4.79 Å². The summed E-state index contributed by atoms with van der Waals surface area (Å²) in [5, 5.41) is 11.5. The minimum atomic E-state index is -1.05. The van der Waals surface area contributed by atoms with Crippen molar-refractivity contribution in [3.05, 3.63) is 0 Å². The van der Waals surface area contributed by atoms with E-state index in [0.29, 0.717) is 5.92 Å². The van der Waals surface area contributed by atoms with Crippen LogP contribution in [0.2, 0.25) is 0 Å². The van der Waals surface area contributed by atoms with E-state index in [-0.39, 0.29) is 18.4 Å². The van der Waals surface area contributed by atoms with Gasteiger partial charge >= 0.3 is 5.97 Å². The predicted molar refractivity (Wildman–Crippen MR) is 62.6 cm³/mol. The number of carbonyl (C=O) groups is 2. The van der Waals surface area contributed by atoms with Gasteiger partial charge in [-0.2, -0.15) is 0 Å². The van der Waals surface area contributed by atoms with Crippen molar-refractivity contribution in [2.45, 2.75) is 38.6 Å². The Morgan fingerprint density at radius 3 is 2.59 bits per heavy atom. The Balaban J connectivity index is 2.53. The number of carbonyl (C=O) groups excluding carboxylic acids is 1. The Hall–Kier alpha value is -1.10. The third-order valence-electron chi connectivity index (χ3n) is 3.40. The maximum Gasteiger partial charge on any atom is 0.328 e. The first-order valence-corrected chi connectivity index (χ1v) is 6.08. The van der Waals surface area contributed by atoms with Crippen LogP contribution >= 0.6 is 0 Å². The summed E-state index contributed by atoms with van der Waals surface area (Å²) >= 11 is 0. The van der Waals surface area contributed by atoms with Gasteiger partial charge in [0, 0.05) is 13.0 Å². The molecule has 0 radical (unpaired) electrons. The first kappa shape index (κ1) is 14.0. The molecule has 3 unspecified atom stereocenters. The zero-order valence-electron chi connectivity index (χ0n) is 10.4. The molecular weight excluding hydrogens is 222 g/mol. The van der Waals surface area contributed by atoms with E-state index >= 15 is 0 Å². The number of ether oxygens (including phenoxy) is 1. The fourth-order valence-corrected chi connectivity index (χ4v) is 2.33. The topological polar surface area (TPSA) is 75.6 Å². The fourth-order valence-electron chi connectivity index (χ4n) is 2.33. The van der Waals surface area contributed by atoms with Crippen LogP contribution in [0.3, 0.4) is 0 Å². The average Bonchev–Trinajstić information content (AvgIpc) is 2.28. The molecule has 1 fully saturated rings. The summed E-state index contributed by atoms with van der Waals surface area (Å²) in [6, 6.07) is -0.943. The predicted octanol–water partition coefficient (Wildman–Crippen LogP) is 1.03. The summed E-state index contributed by atoms with van der Waals surface area (Å²) in [7, 11) is 1.42. The molecule has 0 spiro atoms. The SMILES string of the molecule is COCC(NC(=O)C1CCCCC1C)C(=O)O. The number of amides is 1. The summed E-state index contributed by atoms with van der Waals surface area (Å²) < 4.78 is 4.78. The Morgan fingerprint density at radius 2 is 2.06 bits per heavy atom. The van der Waals surface area contributed by atoms with Crippen LogP contribution in [0.15, 0.2) is 0 Å². The monoisotopic (exact) mass is 243 g/mol. The Morgan fingerprint density at radius 1 is 1.41 bits per heavy atom. The second-order valence-electron chi connectivity index (χ2n) is 4.72. The van der Waals surface area contributed by atoms with Crippen LogP contribution in [0, 0.1) is 11.8 Å². The lowest BCUT2D eigenvalue weighted by atomic mass is 9.80. The van der Waals surface area contributed by atoms with Gasteiger partial charge in [0.15, 0.2) is 6.04 Å². The molecule has 3 atom stereocenters. The zero-order chi connectivity index (χ0) is 12.8. The quantitative estimate of drug-likeness (QED) is 0.756. The zero-order valence-corrected chi connectivity index (χ0v) is 10.4. The number of hydrogen-bond acceptors (Lipinski definition) is 3. The molecule has 5 nitrogen and oxygen atoms in total. The smallest absolute Gasteiger partial charge is 0.328 e. The van der Waals surface area contributed by atoms with E-state index < -0.39 is 12.0 Å². The molecule has 17 heavy (non-hydrogen) atoms. The summed E-state index contributed by atoms with van der Waals surface area (Å²) in [5.74, 6) is -0.923. The van der Waals surface area contributed by atoms with Gasteiger partial charge in [-0.1, -0.05) is 19.8 Å². The molecule has 1 rings (SSSR count). The molecule has 1 aliphatic rings. The summed E-state index contributed by atoms with van der Waals surface area (Å²) in [6.07, 6.45) is 4.10. The van der Waals surface area contributed by atoms with Gasteiger partial charge in [0.25, 0.3) is 0 Å². The third-order valence-corrected chi connectivity index (χ3v) is 3.40. The van der Waals surface area contributed by atoms with Crippen LogP contribution in [0.4, 0.5) is 0 Å². The van der Waals surface area contributed by atoms with Crippen LogP contribution in [0.1, 0.15) is 32.6 Å². The first-order chi connectivity index (χ1) is 8.06. The molecule has 1 aliphatic carbocycles. The molecule has 5 heteroatoms. The molecule has 1 saturated carbocycles. The van der Waals surface area contributed by atoms with E-state index in [9.17, 15) is 9.59 Å². The second-order valence-corrected chi connectivity index (χ2v) is 4.72. The number of aliphatic carboxylic acids is 1. The van der Waals surface area contributed by atoms with Crippen molar-refractivity contribution in [2.24, 2.45) is 11.8 Å². The highest BCUT2D eigenvalue weighted by molar-refractivity contribution is 5.85. The lowest BCUT2D eigenvalue weighted by Gasteiger charge is -2.28. The maximum absolute atomic E-state index is 12.0. The van der Waals surface area contributed by atoms with Gasteiger partial charge in [-0.05, 0) is 18.8 Å². The van der Waals surface area contributed by atoms with Crippen LogP contribution in [0.5, 0.6) is 0 Å². The molecule has 0 aromatic heterocycles. The second kappa shape index (κ2) is 6.59. The molecule has 2 N–H and O–H groups in total. The molecule has 98 valence electrons. The van der Waals surface area contributed by atoms with Gasteiger partial charge in [-0.15, -0.1) is 0 Å². The molecule has 0 aromatic carbocycles. The van der Waals surface area contributed by atoms with E-state index in [4.69, 9.17) is 9.84 Å². The molecular formula is C12H21NO4. The first-order valence-electron chi connectivity index (χ1n) is 6.08. The van der Waals surface area contributed by atoms with Gasteiger partial charge in [0.05, 0.1) is 6.61 Å². The van der Waals surface area contributed by atoms with E-state index in [1.807, 2.05) is 0 Å². The van der Waals surface area contributed by atoms with Crippen LogP contribution in [0.25, 0.3) is 0 Å². The summed E-state index contributed by atoms with van der Waals surface area (Å²) in [5.41, 5.74) is 0. The normalized spacial score (nSPS) is 26.2. The number of nitrogens with one attached hydrogen (secondary N) is 1. The van der Waals surface area contributed by atoms with Crippen molar-refractivity contribution in [3.8, 4) is 0 Å². The maximum atomic E-state index is 12.0. The van der Waals surface area contributed by atoms with Crippen LogP contribution in [-0.2, 0) is 14.3 Å². The van der Waals surface area contributed by atoms with Crippen molar-refractivity contribution in [1.29, 1.82) is 0 Å². The van der Waals surface area contributed by atoms with Gasteiger partial charge < -0.3 is 15.2 Å². The van der Waals surface area contributed by atoms with E-state index in [1.54, 1.807) is 0 Å². The largest absolute Gasteiger partial charge is 0.480 e. The van der Waals surface area contributed by atoms with Crippen molar-refractivity contribution < 1.29 is 19.4 Å². The van der Waals surface area contributed by atoms with E-state index in [0.717, 1.165) is 25.7 Å². The molecule has 0 bridgehead atoms. The molecule has 0 aromatic rings. The number of carboxylic acids is 1. The summed E-state index contributed by atoms with van der Waals surface area (Å²) in [6.45, 7) is 2.05. The van der Waals surface area contributed by atoms with Crippen molar-refractivity contribution in [2.75, 3.05) is 13.7 Å². The number of carboxylic acid groups (broad SMARTS) is 1. The minimum Gasteiger partial charge on any atom is -0.480 e. The standard InChI is InChI=1S/C12H21NO4/c1-8-5-3-4-6-9(8)11(14)13-10(7-17-2)12(15)16/h8-10H,3-7H2,1-2H3,(H,13,14)(H,15,16). The summed E-state index contributed by atoms with van der Waals surface area (Å²) in [4.78, 5) is 22.9. The lowest BCUT2D eigenvalue weighted by Crippen LogP contribution is -2.47. The number of methoxy groups -OCH3 is 1. The Kier molecular flexibility index (Phi) is 5.41.